The summed E-state index contributed by atoms with van der Waals surface area (Å²) < 4.78 is 4.59. The molecule has 0 bridgehead atoms. The fourth-order valence-corrected chi connectivity index (χ4v) is 1.62. The first-order chi connectivity index (χ1) is 6.19. The second-order valence-corrected chi connectivity index (χ2v) is 3.52. The topological polar surface area (TPSA) is 26.3 Å². The van der Waals surface area contributed by atoms with Gasteiger partial charge in [0.2, 0.25) is 0 Å². The monoisotopic (exact) mass is 260 g/mol. The van der Waals surface area contributed by atoms with Crippen LogP contribution in [0.4, 0.5) is 0 Å². The highest BCUT2D eigenvalue weighted by Gasteiger charge is 2.09. The predicted octanol–water partition coefficient (Wildman–Crippen LogP) is 2.66. The summed E-state index contributed by atoms with van der Waals surface area (Å²) in [5, 5.41) is 0.752. The summed E-state index contributed by atoms with van der Waals surface area (Å²) in [4.78, 5) is 11.8. The van der Waals surface area contributed by atoms with E-state index in [1.807, 2.05) is 12.1 Å². The summed E-state index contributed by atoms with van der Waals surface area (Å²) in [6.07, 6.45) is 0. The molecule has 0 saturated carbocycles. The maximum atomic E-state index is 11.2. The van der Waals surface area contributed by atoms with Crippen molar-refractivity contribution in [2.24, 2.45) is 0 Å². The summed E-state index contributed by atoms with van der Waals surface area (Å²) in [5.41, 5.74) is 1.58. The Morgan fingerprint density at radius 2 is 2.31 bits per heavy atom. The van der Waals surface area contributed by atoms with Crippen molar-refractivity contribution >= 4 is 34.5 Å². The highest BCUT2D eigenvalue weighted by molar-refractivity contribution is 9.08. The highest BCUT2D eigenvalue weighted by Crippen LogP contribution is 2.18. The molecule has 0 aliphatic rings. The van der Waals surface area contributed by atoms with Crippen molar-refractivity contribution in [3.8, 4) is 0 Å². The van der Waals surface area contributed by atoms with Gasteiger partial charge >= 0.3 is 5.97 Å². The average molecular weight is 261 g/mol. The van der Waals surface area contributed by atoms with Crippen LogP contribution in [0.2, 0.25) is 0 Å². The number of methoxy groups -OCH3 is 1. The van der Waals surface area contributed by atoms with Crippen LogP contribution in [0.1, 0.15) is 15.9 Å². The molecule has 0 amide bonds. The third-order valence-electron chi connectivity index (χ3n) is 1.62. The molecule has 1 aromatic carbocycles. The van der Waals surface area contributed by atoms with Crippen molar-refractivity contribution in [3.63, 3.8) is 0 Å². The molecule has 1 rings (SSSR count). The fraction of sp³-hybridized carbons (Fsp3) is 0.222. The number of carbonyl (C=O) groups is 1. The van der Waals surface area contributed by atoms with E-state index in [1.165, 1.54) is 7.11 Å². The van der Waals surface area contributed by atoms with E-state index >= 15 is 0 Å². The lowest BCUT2D eigenvalue weighted by Crippen LogP contribution is -2.02. The van der Waals surface area contributed by atoms with Crippen molar-refractivity contribution in [1.82, 2.24) is 0 Å². The van der Waals surface area contributed by atoms with E-state index < -0.39 is 0 Å². The molecule has 0 saturated heterocycles. The maximum Gasteiger partial charge on any atom is 0.338 e. The molecule has 0 aromatic heterocycles. The van der Waals surface area contributed by atoms with E-state index in [0.29, 0.717) is 10.5 Å². The Morgan fingerprint density at radius 1 is 1.62 bits per heavy atom. The summed E-state index contributed by atoms with van der Waals surface area (Å²) >= 11 is 7.51. The minimum atomic E-state index is -0.355. The molecule has 0 aliphatic heterocycles. The van der Waals surface area contributed by atoms with Crippen LogP contribution in [-0.4, -0.2) is 13.1 Å². The van der Waals surface area contributed by atoms with Gasteiger partial charge in [-0.3, -0.25) is 0 Å². The molecule has 0 fully saturated rings. The standard InChI is InChI=1S/C9H9BrO2S/c1-12-9(11)7-3-2-6(5-10)4-8(7)13/h2-4,13H,5H2,1H3. The summed E-state index contributed by atoms with van der Waals surface area (Å²) in [7, 11) is 1.36. The smallest absolute Gasteiger partial charge is 0.338 e. The maximum absolute atomic E-state index is 11.2. The van der Waals surface area contributed by atoms with E-state index in [4.69, 9.17) is 0 Å². The van der Waals surface area contributed by atoms with Crippen molar-refractivity contribution in [3.05, 3.63) is 29.3 Å². The van der Waals surface area contributed by atoms with Crippen LogP contribution < -0.4 is 0 Å². The van der Waals surface area contributed by atoms with Gasteiger partial charge in [0, 0.05) is 10.2 Å². The van der Waals surface area contributed by atoms with Crippen LogP contribution in [0.5, 0.6) is 0 Å². The third kappa shape index (κ3) is 2.48. The molecule has 0 unspecified atom stereocenters. The first-order valence-corrected chi connectivity index (χ1v) is 5.22. The summed E-state index contributed by atoms with van der Waals surface area (Å²) in [6, 6.07) is 5.41. The zero-order chi connectivity index (χ0) is 9.84. The normalized spacial score (nSPS) is 9.77. The van der Waals surface area contributed by atoms with Gasteiger partial charge in [0.1, 0.15) is 0 Å². The second-order valence-electron chi connectivity index (χ2n) is 2.48. The molecule has 4 heteroatoms. The lowest BCUT2D eigenvalue weighted by Gasteiger charge is -2.03. The molecule has 2 nitrogen and oxygen atoms in total. The quantitative estimate of drug-likeness (QED) is 0.503. The number of hydrogen-bond donors (Lipinski definition) is 1. The van der Waals surface area contributed by atoms with Crippen LogP contribution in [-0.2, 0) is 10.1 Å². The highest BCUT2D eigenvalue weighted by atomic mass is 79.9. The van der Waals surface area contributed by atoms with E-state index in [2.05, 4.69) is 33.3 Å². The van der Waals surface area contributed by atoms with Crippen molar-refractivity contribution in [1.29, 1.82) is 0 Å². The van der Waals surface area contributed by atoms with Crippen LogP contribution in [0, 0.1) is 0 Å². The second kappa shape index (κ2) is 4.67. The van der Waals surface area contributed by atoms with Crippen LogP contribution in [0.25, 0.3) is 0 Å². The van der Waals surface area contributed by atoms with Gasteiger partial charge in [0.25, 0.3) is 0 Å². The van der Waals surface area contributed by atoms with Gasteiger partial charge in [-0.25, -0.2) is 4.79 Å². The summed E-state index contributed by atoms with van der Waals surface area (Å²) in [5.74, 6) is -0.355. The Bertz CT molecular complexity index is 325. The first-order valence-electron chi connectivity index (χ1n) is 3.65. The van der Waals surface area contributed by atoms with Crippen LogP contribution in [0.3, 0.4) is 0 Å². The van der Waals surface area contributed by atoms with Gasteiger partial charge < -0.3 is 4.74 Å². The van der Waals surface area contributed by atoms with Crippen LogP contribution >= 0.6 is 28.6 Å². The number of ether oxygens (including phenoxy) is 1. The molecule has 1 aromatic rings. The minimum absolute atomic E-state index is 0.355. The first kappa shape index (κ1) is 10.6. The Hall–Kier alpha value is -0.480. The molecule has 0 aliphatic carbocycles. The number of benzene rings is 1. The predicted molar refractivity (Wildman–Crippen MR) is 57.7 cm³/mol. The van der Waals surface area contributed by atoms with E-state index in [-0.39, 0.29) is 5.97 Å². The largest absolute Gasteiger partial charge is 0.465 e. The van der Waals surface area contributed by atoms with Gasteiger partial charge in [-0.05, 0) is 17.7 Å². The van der Waals surface area contributed by atoms with Gasteiger partial charge in [-0.15, -0.1) is 12.6 Å². The average Bonchev–Trinajstić information content (AvgIpc) is 2.16. The van der Waals surface area contributed by atoms with E-state index in [0.717, 1.165) is 10.9 Å². The van der Waals surface area contributed by atoms with Gasteiger partial charge in [0.05, 0.1) is 12.7 Å². The SMILES string of the molecule is COC(=O)c1ccc(CBr)cc1S. The molecule has 0 atom stereocenters. The van der Waals surface area contributed by atoms with E-state index in [1.54, 1.807) is 6.07 Å². The number of alkyl halides is 1. The van der Waals surface area contributed by atoms with Crippen molar-refractivity contribution < 1.29 is 9.53 Å². The Labute approximate surface area is 90.8 Å². The Kier molecular flexibility index (Phi) is 3.81. The molecule has 13 heavy (non-hydrogen) atoms. The van der Waals surface area contributed by atoms with E-state index in [9.17, 15) is 4.79 Å². The molecule has 0 N–H and O–H groups in total. The molecule has 0 heterocycles. The Morgan fingerprint density at radius 3 is 2.77 bits per heavy atom. The minimum Gasteiger partial charge on any atom is -0.465 e. The Balaban J connectivity index is 3.05. The summed E-state index contributed by atoms with van der Waals surface area (Å²) in [6.45, 7) is 0. The van der Waals surface area contributed by atoms with Gasteiger partial charge in [-0.2, -0.15) is 0 Å². The van der Waals surface area contributed by atoms with Gasteiger partial charge in [0.15, 0.2) is 0 Å². The number of halogens is 1. The van der Waals surface area contributed by atoms with Crippen molar-refractivity contribution in [2.75, 3.05) is 7.11 Å². The zero-order valence-corrected chi connectivity index (χ0v) is 9.56. The molecular weight excluding hydrogens is 252 g/mol. The molecule has 0 spiro atoms. The van der Waals surface area contributed by atoms with Gasteiger partial charge in [-0.1, -0.05) is 22.0 Å². The van der Waals surface area contributed by atoms with Crippen LogP contribution in [0.15, 0.2) is 23.1 Å². The lowest BCUT2D eigenvalue weighted by atomic mass is 10.1. The number of thiol groups is 1. The third-order valence-corrected chi connectivity index (χ3v) is 2.64. The number of hydrogen-bond acceptors (Lipinski definition) is 3. The molecular formula is C9H9BrO2S. The number of carbonyl (C=O) groups excluding carboxylic acids is 1. The lowest BCUT2D eigenvalue weighted by molar-refractivity contribution is 0.0597. The zero-order valence-electron chi connectivity index (χ0n) is 7.08. The number of esters is 1. The molecule has 70 valence electrons. The fourth-order valence-electron chi connectivity index (χ4n) is 0.943. The molecule has 0 radical (unpaired) electrons. The van der Waals surface area contributed by atoms with Crippen molar-refractivity contribution in [2.45, 2.75) is 10.2 Å². The number of rotatable bonds is 2.